The number of nitro groups is 1. The lowest BCUT2D eigenvalue weighted by molar-refractivity contribution is -0.385. The van der Waals surface area contributed by atoms with Gasteiger partial charge in [-0.1, -0.05) is 30.3 Å². The van der Waals surface area contributed by atoms with Crippen LogP contribution in [0.3, 0.4) is 0 Å². The molecule has 1 N–H and O–H groups in total. The summed E-state index contributed by atoms with van der Waals surface area (Å²) in [6, 6.07) is 12.8. The molecule has 2 rings (SSSR count). The molecule has 0 unspecified atom stereocenters. The van der Waals surface area contributed by atoms with Crippen LogP contribution in [0.1, 0.15) is 5.56 Å². The molecule has 23 heavy (non-hydrogen) atoms. The highest BCUT2D eigenvalue weighted by molar-refractivity contribution is 7.89. The summed E-state index contributed by atoms with van der Waals surface area (Å²) < 4.78 is 32.1. The Labute approximate surface area is 134 Å². The van der Waals surface area contributed by atoms with Gasteiger partial charge in [0.25, 0.3) is 5.69 Å². The average molecular weight is 336 g/mol. The third-order valence-corrected chi connectivity index (χ3v) is 4.70. The summed E-state index contributed by atoms with van der Waals surface area (Å²) in [4.78, 5) is 10.0. The van der Waals surface area contributed by atoms with Crippen molar-refractivity contribution in [2.45, 2.75) is 11.3 Å². The third kappa shape index (κ3) is 4.27. The maximum atomic E-state index is 12.3. The molecule has 0 radical (unpaired) electrons. The zero-order valence-electron chi connectivity index (χ0n) is 12.4. The summed E-state index contributed by atoms with van der Waals surface area (Å²) >= 11 is 0. The van der Waals surface area contributed by atoms with E-state index in [9.17, 15) is 18.5 Å². The van der Waals surface area contributed by atoms with Crippen molar-refractivity contribution in [1.29, 1.82) is 0 Å². The second kappa shape index (κ2) is 7.21. The molecule has 0 aliphatic carbocycles. The van der Waals surface area contributed by atoms with E-state index in [2.05, 4.69) is 4.72 Å². The molecule has 0 fully saturated rings. The third-order valence-electron chi connectivity index (χ3n) is 3.20. The zero-order valence-corrected chi connectivity index (χ0v) is 13.2. The van der Waals surface area contributed by atoms with E-state index >= 15 is 0 Å². The maximum absolute atomic E-state index is 12.3. The van der Waals surface area contributed by atoms with Crippen LogP contribution < -0.4 is 9.46 Å². The van der Waals surface area contributed by atoms with Gasteiger partial charge in [0.1, 0.15) is 10.6 Å². The molecule has 2 aromatic carbocycles. The Morgan fingerprint density at radius 2 is 1.87 bits per heavy atom. The average Bonchev–Trinajstić information content (AvgIpc) is 2.55. The second-order valence-electron chi connectivity index (χ2n) is 4.73. The van der Waals surface area contributed by atoms with Gasteiger partial charge in [-0.25, -0.2) is 13.1 Å². The van der Waals surface area contributed by atoms with E-state index in [4.69, 9.17) is 4.74 Å². The number of nitro benzene ring substituents is 1. The van der Waals surface area contributed by atoms with Crippen LogP contribution in [0.4, 0.5) is 5.69 Å². The molecule has 0 heterocycles. The molecule has 8 heteroatoms. The molecule has 0 spiro atoms. The van der Waals surface area contributed by atoms with E-state index in [0.717, 1.165) is 17.7 Å². The first-order chi connectivity index (χ1) is 10.9. The second-order valence-corrected chi connectivity index (χ2v) is 6.46. The summed E-state index contributed by atoms with van der Waals surface area (Å²) in [7, 11) is -2.55. The number of hydrogen-bond donors (Lipinski definition) is 1. The van der Waals surface area contributed by atoms with Crippen molar-refractivity contribution < 1.29 is 18.1 Å². The number of methoxy groups -OCH3 is 1. The Kier molecular flexibility index (Phi) is 5.30. The van der Waals surface area contributed by atoms with Gasteiger partial charge in [-0.2, -0.15) is 0 Å². The summed E-state index contributed by atoms with van der Waals surface area (Å²) in [6.45, 7) is 0.215. The van der Waals surface area contributed by atoms with E-state index < -0.39 is 14.9 Å². The van der Waals surface area contributed by atoms with Crippen LogP contribution in [0.2, 0.25) is 0 Å². The minimum Gasteiger partial charge on any atom is -0.495 e. The van der Waals surface area contributed by atoms with Gasteiger partial charge < -0.3 is 4.74 Å². The van der Waals surface area contributed by atoms with Gasteiger partial charge in [-0.05, 0) is 18.1 Å². The Balaban J connectivity index is 2.14. The number of rotatable bonds is 7. The smallest absolute Gasteiger partial charge is 0.273 e. The molecule has 0 aliphatic heterocycles. The number of hydrogen-bond acceptors (Lipinski definition) is 5. The fourth-order valence-electron chi connectivity index (χ4n) is 2.04. The van der Waals surface area contributed by atoms with Crippen molar-refractivity contribution in [2.75, 3.05) is 13.7 Å². The van der Waals surface area contributed by atoms with Crippen LogP contribution in [0.15, 0.2) is 53.4 Å². The Bertz CT molecular complexity index is 791. The van der Waals surface area contributed by atoms with Crippen LogP contribution in [-0.2, 0) is 16.4 Å². The van der Waals surface area contributed by atoms with E-state index in [1.807, 2.05) is 30.3 Å². The van der Waals surface area contributed by atoms with Crippen molar-refractivity contribution in [1.82, 2.24) is 4.72 Å². The predicted molar refractivity (Wildman–Crippen MR) is 85.0 cm³/mol. The molecule has 0 saturated heterocycles. The number of ether oxygens (including phenoxy) is 1. The highest BCUT2D eigenvalue weighted by Crippen LogP contribution is 2.28. The molecule has 0 bridgehead atoms. The number of benzene rings is 2. The van der Waals surface area contributed by atoms with Crippen molar-refractivity contribution in [3.8, 4) is 5.75 Å². The summed E-state index contributed by atoms with van der Waals surface area (Å²) in [5, 5.41) is 10.7. The monoisotopic (exact) mass is 336 g/mol. The van der Waals surface area contributed by atoms with Crippen LogP contribution >= 0.6 is 0 Å². The van der Waals surface area contributed by atoms with Crippen LogP contribution in [0, 0.1) is 10.1 Å². The largest absolute Gasteiger partial charge is 0.495 e. The maximum Gasteiger partial charge on any atom is 0.273 e. The number of sulfonamides is 1. The molecule has 122 valence electrons. The molecular weight excluding hydrogens is 320 g/mol. The normalized spacial score (nSPS) is 11.2. The summed E-state index contributed by atoms with van der Waals surface area (Å²) in [5.74, 6) is -0.0635. The fraction of sp³-hybridized carbons (Fsp3) is 0.200. The van der Waals surface area contributed by atoms with Crippen molar-refractivity contribution in [2.24, 2.45) is 0 Å². The SMILES string of the molecule is COc1cc([N+](=O)[O-])ccc1S(=O)(=O)NCCc1ccccc1. The van der Waals surface area contributed by atoms with Crippen molar-refractivity contribution in [3.05, 3.63) is 64.2 Å². The minimum absolute atomic E-state index is 0.0635. The predicted octanol–water partition coefficient (Wildman–Crippen LogP) is 2.12. The molecule has 0 atom stereocenters. The first-order valence-electron chi connectivity index (χ1n) is 6.80. The van der Waals surface area contributed by atoms with Gasteiger partial charge in [0.05, 0.1) is 18.1 Å². The van der Waals surface area contributed by atoms with Gasteiger partial charge >= 0.3 is 0 Å². The lowest BCUT2D eigenvalue weighted by Gasteiger charge is -2.10. The lowest BCUT2D eigenvalue weighted by Crippen LogP contribution is -2.26. The molecule has 2 aromatic rings. The van der Waals surface area contributed by atoms with E-state index in [1.165, 1.54) is 13.2 Å². The van der Waals surface area contributed by atoms with Gasteiger partial charge in [0.15, 0.2) is 0 Å². The van der Waals surface area contributed by atoms with Gasteiger partial charge in [0.2, 0.25) is 10.0 Å². The highest BCUT2D eigenvalue weighted by Gasteiger charge is 2.21. The highest BCUT2D eigenvalue weighted by atomic mass is 32.2. The first kappa shape index (κ1) is 16.9. The zero-order chi connectivity index (χ0) is 16.9. The standard InChI is InChI=1S/C15H16N2O5S/c1-22-14-11-13(17(18)19)7-8-15(14)23(20,21)16-10-9-12-5-3-2-4-6-12/h2-8,11,16H,9-10H2,1H3. The van der Waals surface area contributed by atoms with E-state index in [1.54, 1.807) is 0 Å². The molecular formula is C15H16N2O5S. The van der Waals surface area contributed by atoms with Gasteiger partial charge in [0, 0.05) is 12.6 Å². The van der Waals surface area contributed by atoms with E-state index in [0.29, 0.717) is 6.42 Å². The van der Waals surface area contributed by atoms with E-state index in [-0.39, 0.29) is 22.9 Å². The number of nitrogens with one attached hydrogen (secondary N) is 1. The van der Waals surface area contributed by atoms with Crippen LogP contribution in [-0.4, -0.2) is 27.0 Å². The van der Waals surface area contributed by atoms with Gasteiger partial charge in [-0.3, -0.25) is 10.1 Å². The number of non-ortho nitro benzene ring substituents is 1. The molecule has 7 nitrogen and oxygen atoms in total. The topological polar surface area (TPSA) is 98.5 Å². The Morgan fingerprint density at radius 1 is 1.17 bits per heavy atom. The lowest BCUT2D eigenvalue weighted by atomic mass is 10.2. The summed E-state index contributed by atoms with van der Waals surface area (Å²) in [5.41, 5.74) is 0.774. The minimum atomic E-state index is -3.81. The van der Waals surface area contributed by atoms with Crippen molar-refractivity contribution in [3.63, 3.8) is 0 Å². The summed E-state index contributed by atoms with van der Waals surface area (Å²) in [6.07, 6.45) is 0.537. The molecule has 0 amide bonds. The molecule has 0 saturated carbocycles. The quantitative estimate of drug-likeness (QED) is 0.617. The first-order valence-corrected chi connectivity index (χ1v) is 8.28. The van der Waals surface area contributed by atoms with Gasteiger partial charge in [-0.15, -0.1) is 0 Å². The molecule has 0 aromatic heterocycles. The van der Waals surface area contributed by atoms with Crippen molar-refractivity contribution >= 4 is 15.7 Å². The Morgan fingerprint density at radius 3 is 2.48 bits per heavy atom. The molecule has 0 aliphatic rings. The Hall–Kier alpha value is -2.45. The fourth-order valence-corrected chi connectivity index (χ4v) is 3.22. The number of nitrogens with zero attached hydrogens (tertiary/aromatic N) is 1. The van der Waals surface area contributed by atoms with Crippen LogP contribution in [0.5, 0.6) is 5.75 Å². The van der Waals surface area contributed by atoms with Crippen LogP contribution in [0.25, 0.3) is 0 Å².